The van der Waals surface area contributed by atoms with E-state index in [0.717, 1.165) is 32.1 Å². The lowest BCUT2D eigenvalue weighted by Gasteiger charge is -2.29. The van der Waals surface area contributed by atoms with E-state index in [-0.39, 0.29) is 6.61 Å². The van der Waals surface area contributed by atoms with Crippen molar-refractivity contribution in [1.82, 2.24) is 4.90 Å². The molecule has 0 radical (unpaired) electrons. The van der Waals surface area contributed by atoms with Crippen LogP contribution < -0.4 is 0 Å². The van der Waals surface area contributed by atoms with Crippen LogP contribution in [0.2, 0.25) is 0 Å². The van der Waals surface area contributed by atoms with E-state index in [1.54, 1.807) is 0 Å². The second kappa shape index (κ2) is 5.86. The highest BCUT2D eigenvalue weighted by Crippen LogP contribution is 2.22. The highest BCUT2D eigenvalue weighted by Gasteiger charge is 2.21. The minimum Gasteiger partial charge on any atom is -0.465 e. The average Bonchev–Trinajstić information content (AvgIpc) is 2.19. The van der Waals surface area contributed by atoms with Crippen LogP contribution in [-0.4, -0.2) is 40.9 Å². The number of aliphatic hydroxyl groups excluding tert-OH is 1. The largest absolute Gasteiger partial charge is 0.465 e. The minimum atomic E-state index is -0.793. The molecule has 1 rings (SSSR count). The van der Waals surface area contributed by atoms with E-state index in [1.165, 1.54) is 4.90 Å². The van der Waals surface area contributed by atoms with E-state index in [9.17, 15) is 4.79 Å². The average molecular weight is 201 g/mol. The van der Waals surface area contributed by atoms with Crippen LogP contribution in [0.3, 0.4) is 0 Å². The van der Waals surface area contributed by atoms with Crippen molar-refractivity contribution in [3.05, 3.63) is 0 Å². The van der Waals surface area contributed by atoms with Crippen LogP contribution in [-0.2, 0) is 0 Å². The Labute approximate surface area is 84.5 Å². The number of aliphatic hydroxyl groups is 1. The molecule has 0 atom stereocenters. The number of hydrogen-bond donors (Lipinski definition) is 2. The Morgan fingerprint density at radius 3 is 2.43 bits per heavy atom. The molecule has 1 aliphatic rings. The number of amides is 1. The molecule has 1 aliphatic heterocycles. The van der Waals surface area contributed by atoms with Crippen LogP contribution in [0.15, 0.2) is 0 Å². The van der Waals surface area contributed by atoms with Gasteiger partial charge >= 0.3 is 6.09 Å². The maximum atomic E-state index is 10.6. The Morgan fingerprint density at radius 1 is 1.29 bits per heavy atom. The molecule has 0 saturated carbocycles. The minimum absolute atomic E-state index is 0.272. The molecule has 4 heteroatoms. The summed E-state index contributed by atoms with van der Waals surface area (Å²) in [6.45, 7) is 1.63. The van der Waals surface area contributed by atoms with Crippen LogP contribution in [0.5, 0.6) is 0 Å². The summed E-state index contributed by atoms with van der Waals surface area (Å²) in [4.78, 5) is 12.1. The summed E-state index contributed by atoms with van der Waals surface area (Å²) in [6, 6.07) is 0. The molecule has 0 aromatic carbocycles. The Bertz CT molecular complexity index is 176. The molecule has 1 heterocycles. The van der Waals surface area contributed by atoms with Gasteiger partial charge in [-0.1, -0.05) is 12.8 Å². The normalized spacial score (nSPS) is 18.5. The lowest BCUT2D eigenvalue weighted by Crippen LogP contribution is -2.37. The standard InChI is InChI=1S/C10H19NO3/c12-8-2-1-3-9-4-6-11(7-5-9)10(13)14/h9,12H,1-8H2,(H,13,14). The summed E-state index contributed by atoms with van der Waals surface area (Å²) in [5.41, 5.74) is 0. The monoisotopic (exact) mass is 201 g/mol. The van der Waals surface area contributed by atoms with Crippen molar-refractivity contribution in [2.75, 3.05) is 19.7 Å². The second-order valence-corrected chi connectivity index (χ2v) is 3.93. The lowest BCUT2D eigenvalue weighted by atomic mass is 9.92. The molecule has 4 nitrogen and oxygen atoms in total. The highest BCUT2D eigenvalue weighted by molar-refractivity contribution is 5.64. The first kappa shape index (κ1) is 11.3. The van der Waals surface area contributed by atoms with Gasteiger partial charge in [0, 0.05) is 19.7 Å². The van der Waals surface area contributed by atoms with Gasteiger partial charge in [0.25, 0.3) is 0 Å². The molecule has 1 saturated heterocycles. The number of unbranched alkanes of at least 4 members (excludes halogenated alkanes) is 1. The summed E-state index contributed by atoms with van der Waals surface area (Å²) in [5.74, 6) is 0.664. The molecule has 1 fully saturated rings. The van der Waals surface area contributed by atoms with Crippen molar-refractivity contribution >= 4 is 6.09 Å². The Hall–Kier alpha value is -0.770. The van der Waals surface area contributed by atoms with Crippen LogP contribution in [0.1, 0.15) is 32.1 Å². The summed E-state index contributed by atoms with van der Waals surface area (Å²) >= 11 is 0. The smallest absolute Gasteiger partial charge is 0.407 e. The fraction of sp³-hybridized carbons (Fsp3) is 0.900. The maximum absolute atomic E-state index is 10.6. The third kappa shape index (κ3) is 3.54. The summed E-state index contributed by atoms with van der Waals surface area (Å²) in [6.07, 6.45) is 4.25. The van der Waals surface area contributed by atoms with Crippen LogP contribution in [0, 0.1) is 5.92 Å². The number of rotatable bonds is 4. The predicted molar refractivity (Wildman–Crippen MR) is 53.3 cm³/mol. The third-order valence-electron chi connectivity index (χ3n) is 2.91. The Morgan fingerprint density at radius 2 is 1.93 bits per heavy atom. The molecular weight excluding hydrogens is 182 g/mol. The Balaban J connectivity index is 2.12. The summed E-state index contributed by atoms with van der Waals surface area (Å²) in [5, 5.41) is 17.4. The molecule has 0 aliphatic carbocycles. The van der Waals surface area contributed by atoms with Crippen LogP contribution in [0.25, 0.3) is 0 Å². The zero-order valence-electron chi connectivity index (χ0n) is 8.48. The van der Waals surface area contributed by atoms with Crippen LogP contribution >= 0.6 is 0 Å². The van der Waals surface area contributed by atoms with Gasteiger partial charge in [-0.25, -0.2) is 4.79 Å². The SMILES string of the molecule is O=C(O)N1CCC(CCCCO)CC1. The second-order valence-electron chi connectivity index (χ2n) is 3.93. The van der Waals surface area contributed by atoms with Crippen molar-refractivity contribution < 1.29 is 15.0 Å². The van der Waals surface area contributed by atoms with Gasteiger partial charge < -0.3 is 15.1 Å². The predicted octanol–water partition coefficient (Wildman–Crippen LogP) is 1.54. The van der Waals surface area contributed by atoms with E-state index >= 15 is 0 Å². The van der Waals surface area contributed by atoms with Gasteiger partial charge in [0.05, 0.1) is 0 Å². The number of hydrogen-bond acceptors (Lipinski definition) is 2. The highest BCUT2D eigenvalue weighted by atomic mass is 16.4. The van der Waals surface area contributed by atoms with Gasteiger partial charge in [-0.2, -0.15) is 0 Å². The summed E-state index contributed by atoms with van der Waals surface area (Å²) < 4.78 is 0. The van der Waals surface area contributed by atoms with Crippen molar-refractivity contribution in [2.24, 2.45) is 5.92 Å². The van der Waals surface area contributed by atoms with E-state index < -0.39 is 6.09 Å². The number of nitrogens with zero attached hydrogens (tertiary/aromatic N) is 1. The number of carbonyl (C=O) groups is 1. The van der Waals surface area contributed by atoms with Gasteiger partial charge in [-0.05, 0) is 25.2 Å². The first-order chi connectivity index (χ1) is 6.74. The number of piperidine rings is 1. The van der Waals surface area contributed by atoms with E-state index in [2.05, 4.69) is 0 Å². The van der Waals surface area contributed by atoms with Gasteiger partial charge in [-0.15, -0.1) is 0 Å². The van der Waals surface area contributed by atoms with Gasteiger partial charge in [-0.3, -0.25) is 0 Å². The molecule has 0 unspecified atom stereocenters. The van der Waals surface area contributed by atoms with E-state index in [0.29, 0.717) is 19.0 Å². The third-order valence-corrected chi connectivity index (χ3v) is 2.91. The molecule has 0 bridgehead atoms. The molecular formula is C10H19NO3. The number of likely N-dealkylation sites (tertiary alicyclic amines) is 1. The van der Waals surface area contributed by atoms with Crippen molar-refractivity contribution in [2.45, 2.75) is 32.1 Å². The zero-order chi connectivity index (χ0) is 10.4. The molecule has 1 amide bonds. The van der Waals surface area contributed by atoms with E-state index in [4.69, 9.17) is 10.2 Å². The lowest BCUT2D eigenvalue weighted by molar-refractivity contribution is 0.122. The van der Waals surface area contributed by atoms with Crippen LogP contribution in [0.4, 0.5) is 4.79 Å². The molecule has 14 heavy (non-hydrogen) atoms. The molecule has 0 aromatic rings. The van der Waals surface area contributed by atoms with Crippen molar-refractivity contribution in [3.63, 3.8) is 0 Å². The fourth-order valence-corrected chi connectivity index (χ4v) is 1.96. The van der Waals surface area contributed by atoms with E-state index in [1.807, 2.05) is 0 Å². The molecule has 0 spiro atoms. The summed E-state index contributed by atoms with van der Waals surface area (Å²) in [7, 11) is 0. The quantitative estimate of drug-likeness (QED) is 0.678. The topological polar surface area (TPSA) is 60.8 Å². The zero-order valence-corrected chi connectivity index (χ0v) is 8.48. The molecule has 2 N–H and O–H groups in total. The van der Waals surface area contributed by atoms with Gasteiger partial charge in [0.2, 0.25) is 0 Å². The number of carboxylic acid groups (broad SMARTS) is 1. The maximum Gasteiger partial charge on any atom is 0.407 e. The van der Waals surface area contributed by atoms with Gasteiger partial charge in [0.1, 0.15) is 0 Å². The van der Waals surface area contributed by atoms with Crippen molar-refractivity contribution in [1.29, 1.82) is 0 Å². The first-order valence-electron chi connectivity index (χ1n) is 5.32. The Kier molecular flexibility index (Phi) is 4.73. The fourth-order valence-electron chi connectivity index (χ4n) is 1.96. The molecule has 0 aromatic heterocycles. The first-order valence-corrected chi connectivity index (χ1v) is 5.32. The molecule has 82 valence electrons. The van der Waals surface area contributed by atoms with Gasteiger partial charge in [0.15, 0.2) is 0 Å². The van der Waals surface area contributed by atoms with Crippen molar-refractivity contribution in [3.8, 4) is 0 Å².